The summed E-state index contributed by atoms with van der Waals surface area (Å²) in [5.74, 6) is 0. The van der Waals surface area contributed by atoms with Gasteiger partial charge in [0.15, 0.2) is 0 Å². The molecule has 1 rings (SSSR count). The normalized spacial score (nSPS) is 12.6. The highest BCUT2D eigenvalue weighted by atomic mass is 79.9. The highest BCUT2D eigenvalue weighted by Crippen LogP contribution is 2.35. The molecule has 15 heavy (non-hydrogen) atoms. The molecule has 0 spiro atoms. The quantitative estimate of drug-likeness (QED) is 0.749. The summed E-state index contributed by atoms with van der Waals surface area (Å²) < 4.78 is 0.606. The zero-order valence-corrected chi connectivity index (χ0v) is 10.8. The van der Waals surface area contributed by atoms with Crippen LogP contribution in [0.25, 0.3) is 0 Å². The lowest BCUT2D eigenvalue weighted by atomic mass is 10.3. The van der Waals surface area contributed by atoms with Crippen molar-refractivity contribution in [1.29, 1.82) is 0 Å². The molecular weight excluding hydrogens is 305 g/mol. The van der Waals surface area contributed by atoms with E-state index in [0.717, 1.165) is 0 Å². The number of rotatable bonds is 4. The minimum absolute atomic E-state index is 0.226. The third kappa shape index (κ3) is 3.50. The van der Waals surface area contributed by atoms with Gasteiger partial charge in [-0.2, -0.15) is 0 Å². The van der Waals surface area contributed by atoms with Gasteiger partial charge >= 0.3 is 0 Å². The number of anilines is 1. The molecule has 0 aromatic heterocycles. The van der Waals surface area contributed by atoms with Gasteiger partial charge in [0.05, 0.1) is 32.9 Å². The average Bonchev–Trinajstić information content (AvgIpc) is 2.24. The van der Waals surface area contributed by atoms with Crippen molar-refractivity contribution < 1.29 is 10.2 Å². The molecule has 3 N–H and O–H groups in total. The van der Waals surface area contributed by atoms with Crippen LogP contribution in [0.15, 0.2) is 16.6 Å². The van der Waals surface area contributed by atoms with Gasteiger partial charge in [-0.05, 0) is 28.1 Å². The van der Waals surface area contributed by atoms with Gasteiger partial charge in [-0.3, -0.25) is 0 Å². The lowest BCUT2D eigenvalue weighted by Gasteiger charge is -2.12. The van der Waals surface area contributed by atoms with Crippen molar-refractivity contribution in [2.24, 2.45) is 0 Å². The van der Waals surface area contributed by atoms with Crippen LogP contribution in [-0.4, -0.2) is 29.5 Å². The summed E-state index contributed by atoms with van der Waals surface area (Å²) in [4.78, 5) is 0. The summed E-state index contributed by atoms with van der Waals surface area (Å²) in [5.41, 5.74) is 0.653. The average molecular weight is 315 g/mol. The molecule has 0 radical (unpaired) electrons. The Morgan fingerprint density at radius 2 is 2.07 bits per heavy atom. The van der Waals surface area contributed by atoms with Gasteiger partial charge in [0.2, 0.25) is 0 Å². The molecule has 0 amide bonds. The van der Waals surface area contributed by atoms with E-state index in [0.29, 0.717) is 20.2 Å². The molecule has 0 aliphatic carbocycles. The van der Waals surface area contributed by atoms with Crippen LogP contribution in [0.3, 0.4) is 0 Å². The van der Waals surface area contributed by atoms with E-state index in [1.165, 1.54) is 0 Å². The van der Waals surface area contributed by atoms with Crippen molar-refractivity contribution in [1.82, 2.24) is 0 Å². The van der Waals surface area contributed by atoms with Crippen LogP contribution in [-0.2, 0) is 0 Å². The summed E-state index contributed by atoms with van der Waals surface area (Å²) in [6, 6.07) is 3.39. The second-order valence-corrected chi connectivity index (χ2v) is 4.52. The second-order valence-electron chi connectivity index (χ2n) is 2.94. The molecule has 84 valence electrons. The van der Waals surface area contributed by atoms with E-state index in [9.17, 15) is 0 Å². The fourth-order valence-corrected chi connectivity index (χ4v) is 1.74. The Bertz CT molecular complexity index is 349. The van der Waals surface area contributed by atoms with Gasteiger partial charge in [-0.15, -0.1) is 0 Å². The van der Waals surface area contributed by atoms with Crippen molar-refractivity contribution in [3.05, 3.63) is 26.7 Å². The maximum absolute atomic E-state index is 9.14. The van der Waals surface area contributed by atoms with Crippen LogP contribution in [0.4, 0.5) is 5.69 Å². The van der Waals surface area contributed by atoms with Gasteiger partial charge in [0, 0.05) is 6.54 Å². The molecule has 0 saturated carbocycles. The minimum atomic E-state index is -0.810. The molecule has 0 fully saturated rings. The first-order valence-electron chi connectivity index (χ1n) is 4.22. The van der Waals surface area contributed by atoms with E-state index < -0.39 is 6.10 Å². The topological polar surface area (TPSA) is 52.5 Å². The largest absolute Gasteiger partial charge is 0.394 e. The molecule has 0 aliphatic heterocycles. The smallest absolute Gasteiger partial charge is 0.0942 e. The molecule has 0 bridgehead atoms. The summed E-state index contributed by atoms with van der Waals surface area (Å²) in [7, 11) is 0. The van der Waals surface area contributed by atoms with Gasteiger partial charge < -0.3 is 15.5 Å². The minimum Gasteiger partial charge on any atom is -0.394 e. The number of aliphatic hydroxyl groups is 2. The Kier molecular flexibility index (Phi) is 5.15. The van der Waals surface area contributed by atoms with Gasteiger partial charge in [-0.25, -0.2) is 0 Å². The summed E-state index contributed by atoms with van der Waals surface area (Å²) in [5, 5.41) is 21.6. The van der Waals surface area contributed by atoms with Crippen LogP contribution in [0.1, 0.15) is 0 Å². The van der Waals surface area contributed by atoms with Gasteiger partial charge in [-0.1, -0.05) is 23.2 Å². The third-order valence-corrected chi connectivity index (χ3v) is 3.76. The van der Waals surface area contributed by atoms with Crippen LogP contribution < -0.4 is 5.32 Å². The van der Waals surface area contributed by atoms with Crippen molar-refractivity contribution >= 4 is 44.8 Å². The molecule has 0 heterocycles. The van der Waals surface area contributed by atoms with Crippen LogP contribution >= 0.6 is 39.1 Å². The molecule has 1 aromatic rings. The van der Waals surface area contributed by atoms with Crippen molar-refractivity contribution in [3.8, 4) is 0 Å². The fraction of sp³-hybridized carbons (Fsp3) is 0.333. The number of hydrogen-bond donors (Lipinski definition) is 3. The number of nitrogens with one attached hydrogen (secondary N) is 1. The fourth-order valence-electron chi connectivity index (χ4n) is 0.955. The second kappa shape index (κ2) is 5.92. The predicted molar refractivity (Wildman–Crippen MR) is 65.7 cm³/mol. The molecule has 0 saturated heterocycles. The highest BCUT2D eigenvalue weighted by molar-refractivity contribution is 9.10. The van der Waals surface area contributed by atoms with E-state index in [2.05, 4.69) is 21.2 Å². The highest BCUT2D eigenvalue weighted by Gasteiger charge is 2.09. The monoisotopic (exact) mass is 313 g/mol. The first-order chi connectivity index (χ1) is 7.06. The Hall–Kier alpha value is -0.0000000000000000555. The molecule has 6 heteroatoms. The first-order valence-corrected chi connectivity index (χ1v) is 5.77. The molecule has 0 aliphatic rings. The van der Waals surface area contributed by atoms with E-state index >= 15 is 0 Å². The Balaban J connectivity index is 2.74. The standard InChI is InChI=1S/C9H10BrCl2NO2/c10-8-6(11)1-2-7(9(8)12)13-3-5(15)4-14/h1-2,5,13-15H,3-4H2. The number of halogens is 3. The van der Waals surface area contributed by atoms with E-state index in [1.807, 2.05) is 0 Å². The lowest BCUT2D eigenvalue weighted by Crippen LogP contribution is -2.23. The SMILES string of the molecule is OCC(O)CNc1ccc(Cl)c(Br)c1Cl. The Morgan fingerprint density at radius 1 is 1.40 bits per heavy atom. The van der Waals surface area contributed by atoms with Crippen LogP contribution in [0, 0.1) is 0 Å². The maximum atomic E-state index is 9.14. The summed E-state index contributed by atoms with van der Waals surface area (Å²) in [6.45, 7) is -0.0658. The van der Waals surface area contributed by atoms with Crippen molar-refractivity contribution in [2.45, 2.75) is 6.10 Å². The molecule has 1 aromatic carbocycles. The molecule has 1 unspecified atom stereocenters. The predicted octanol–water partition coefficient (Wildman–Crippen LogP) is 2.52. The Morgan fingerprint density at radius 3 is 2.67 bits per heavy atom. The van der Waals surface area contributed by atoms with Gasteiger partial charge in [0.25, 0.3) is 0 Å². The molecule has 1 atom stereocenters. The van der Waals surface area contributed by atoms with E-state index in [1.54, 1.807) is 12.1 Å². The van der Waals surface area contributed by atoms with E-state index in [-0.39, 0.29) is 13.2 Å². The number of hydrogen-bond acceptors (Lipinski definition) is 3. The summed E-state index contributed by atoms with van der Waals surface area (Å²) >= 11 is 15.1. The molecule has 3 nitrogen and oxygen atoms in total. The van der Waals surface area contributed by atoms with Crippen molar-refractivity contribution in [3.63, 3.8) is 0 Å². The number of aliphatic hydroxyl groups excluding tert-OH is 2. The van der Waals surface area contributed by atoms with Crippen LogP contribution in [0.2, 0.25) is 10.0 Å². The zero-order chi connectivity index (χ0) is 11.4. The molecular formula is C9H10BrCl2NO2. The third-order valence-electron chi connectivity index (χ3n) is 1.77. The maximum Gasteiger partial charge on any atom is 0.0942 e. The summed E-state index contributed by atoms with van der Waals surface area (Å²) in [6.07, 6.45) is -0.810. The number of benzene rings is 1. The van der Waals surface area contributed by atoms with Gasteiger partial charge in [0.1, 0.15) is 0 Å². The lowest BCUT2D eigenvalue weighted by molar-refractivity contribution is 0.105. The Labute approximate surface area is 106 Å². The van der Waals surface area contributed by atoms with E-state index in [4.69, 9.17) is 33.4 Å². The van der Waals surface area contributed by atoms with Crippen LogP contribution in [0.5, 0.6) is 0 Å². The zero-order valence-electron chi connectivity index (χ0n) is 7.67. The first kappa shape index (κ1) is 13.1. The van der Waals surface area contributed by atoms with Crippen molar-refractivity contribution in [2.75, 3.05) is 18.5 Å².